The minimum absolute atomic E-state index is 0.797. The maximum Gasteiger partial charge on any atom is -0.00489 e. The van der Waals surface area contributed by atoms with Crippen LogP contribution in [0, 0.1) is 5.92 Å². The molecule has 194 valence electrons. The van der Waals surface area contributed by atoms with Crippen LogP contribution in [-0.4, -0.2) is 6.54 Å². The van der Waals surface area contributed by atoms with Crippen LogP contribution in [0.4, 0.5) is 0 Å². The highest BCUT2D eigenvalue weighted by atomic mass is 14.5. The Balaban J connectivity index is 3.25. The van der Waals surface area contributed by atoms with E-state index < -0.39 is 0 Å². The molecular formula is C31H65N. The summed E-state index contributed by atoms with van der Waals surface area (Å²) in [7, 11) is 0. The van der Waals surface area contributed by atoms with Gasteiger partial charge in [-0.1, -0.05) is 174 Å². The second kappa shape index (κ2) is 29.0. The van der Waals surface area contributed by atoms with Gasteiger partial charge in [-0.2, -0.15) is 0 Å². The summed E-state index contributed by atoms with van der Waals surface area (Å²) >= 11 is 0. The first-order valence-corrected chi connectivity index (χ1v) is 15.5. The molecule has 0 aromatic rings. The Morgan fingerprint density at radius 3 is 0.781 bits per heavy atom. The van der Waals surface area contributed by atoms with E-state index >= 15 is 0 Å². The van der Waals surface area contributed by atoms with Gasteiger partial charge >= 0.3 is 0 Å². The van der Waals surface area contributed by atoms with Crippen molar-refractivity contribution in [3.05, 3.63) is 0 Å². The normalized spacial score (nSPS) is 12.5. The van der Waals surface area contributed by atoms with Crippen molar-refractivity contribution in [2.24, 2.45) is 11.7 Å². The zero-order valence-corrected chi connectivity index (χ0v) is 23.0. The summed E-state index contributed by atoms with van der Waals surface area (Å²) in [6.45, 7) is 5.52. The van der Waals surface area contributed by atoms with Crippen molar-refractivity contribution in [2.75, 3.05) is 6.54 Å². The smallest absolute Gasteiger partial charge is 0.00489 e. The van der Waals surface area contributed by atoms with E-state index in [1.54, 1.807) is 0 Å². The molecule has 0 fully saturated rings. The third-order valence-corrected chi connectivity index (χ3v) is 7.52. The van der Waals surface area contributed by atoms with Gasteiger partial charge < -0.3 is 5.73 Å². The lowest BCUT2D eigenvalue weighted by Crippen LogP contribution is -2.14. The van der Waals surface area contributed by atoms with Gasteiger partial charge in [0.25, 0.3) is 0 Å². The van der Waals surface area contributed by atoms with Crippen molar-refractivity contribution < 1.29 is 0 Å². The summed E-state index contributed by atoms with van der Waals surface area (Å²) in [6, 6.07) is 0. The van der Waals surface area contributed by atoms with Gasteiger partial charge in [-0.05, 0) is 25.3 Å². The van der Waals surface area contributed by atoms with Crippen LogP contribution in [0.2, 0.25) is 0 Å². The van der Waals surface area contributed by atoms with E-state index in [4.69, 9.17) is 5.73 Å². The Labute approximate surface area is 205 Å². The van der Waals surface area contributed by atoms with Crippen molar-refractivity contribution in [3.8, 4) is 0 Å². The molecule has 0 aromatic heterocycles. The summed E-state index contributed by atoms with van der Waals surface area (Å²) in [5.41, 5.74) is 6.05. The quantitative estimate of drug-likeness (QED) is 0.118. The molecule has 32 heavy (non-hydrogen) atoms. The topological polar surface area (TPSA) is 26.0 Å². The maximum absolute atomic E-state index is 6.05. The fourth-order valence-electron chi connectivity index (χ4n) is 5.10. The van der Waals surface area contributed by atoms with Crippen molar-refractivity contribution in [2.45, 2.75) is 187 Å². The average Bonchev–Trinajstić information content (AvgIpc) is 2.81. The molecule has 1 atom stereocenters. The lowest BCUT2D eigenvalue weighted by Gasteiger charge is -2.14. The van der Waals surface area contributed by atoms with Gasteiger partial charge in [-0.15, -0.1) is 0 Å². The van der Waals surface area contributed by atoms with Crippen molar-refractivity contribution in [3.63, 3.8) is 0 Å². The molecular weight excluding hydrogens is 386 g/mol. The Hall–Kier alpha value is -0.0400. The largest absolute Gasteiger partial charge is 0.330 e. The lowest BCUT2D eigenvalue weighted by molar-refractivity contribution is 0.409. The molecule has 0 aliphatic carbocycles. The zero-order valence-electron chi connectivity index (χ0n) is 23.0. The van der Waals surface area contributed by atoms with E-state index in [1.807, 2.05) is 0 Å². The van der Waals surface area contributed by atoms with Crippen LogP contribution in [0.25, 0.3) is 0 Å². The predicted molar refractivity (Wildman–Crippen MR) is 149 cm³/mol. The summed E-state index contributed by atoms with van der Waals surface area (Å²) in [6.07, 6.45) is 39.0. The minimum Gasteiger partial charge on any atom is -0.330 e. The molecule has 1 unspecified atom stereocenters. The van der Waals surface area contributed by atoms with E-state index in [0.29, 0.717) is 0 Å². The fourth-order valence-corrected chi connectivity index (χ4v) is 5.10. The van der Waals surface area contributed by atoms with E-state index in [9.17, 15) is 0 Å². The SMILES string of the molecule is CCCCCCCCCCCCCCCCCC(CN)CCCCCCCCCCCC. The number of hydrogen-bond donors (Lipinski definition) is 1. The van der Waals surface area contributed by atoms with Crippen LogP contribution < -0.4 is 5.73 Å². The lowest BCUT2D eigenvalue weighted by atomic mass is 9.94. The molecule has 0 aliphatic heterocycles. The monoisotopic (exact) mass is 452 g/mol. The van der Waals surface area contributed by atoms with Gasteiger partial charge in [0.1, 0.15) is 0 Å². The van der Waals surface area contributed by atoms with Crippen LogP contribution in [0.1, 0.15) is 187 Å². The molecule has 0 heterocycles. The van der Waals surface area contributed by atoms with E-state index in [1.165, 1.54) is 173 Å². The Morgan fingerprint density at radius 1 is 0.344 bits per heavy atom. The molecule has 0 spiro atoms. The highest BCUT2D eigenvalue weighted by molar-refractivity contribution is 4.61. The number of nitrogens with two attached hydrogens (primary N) is 1. The average molecular weight is 452 g/mol. The summed E-state index contributed by atoms with van der Waals surface area (Å²) in [4.78, 5) is 0. The Morgan fingerprint density at radius 2 is 0.562 bits per heavy atom. The summed E-state index contributed by atoms with van der Waals surface area (Å²) in [5.74, 6) is 0.797. The Kier molecular flexibility index (Phi) is 29.0. The van der Waals surface area contributed by atoms with Crippen LogP contribution >= 0.6 is 0 Å². The Bertz CT molecular complexity index is 314. The first-order valence-electron chi connectivity index (χ1n) is 15.5. The molecule has 0 saturated heterocycles. The molecule has 0 aliphatic rings. The van der Waals surface area contributed by atoms with Crippen molar-refractivity contribution in [1.29, 1.82) is 0 Å². The molecule has 0 aromatic carbocycles. The highest BCUT2D eigenvalue weighted by Crippen LogP contribution is 2.19. The second-order valence-corrected chi connectivity index (χ2v) is 10.8. The molecule has 1 heteroatoms. The van der Waals surface area contributed by atoms with Gasteiger partial charge in [-0.3, -0.25) is 0 Å². The van der Waals surface area contributed by atoms with Gasteiger partial charge in [0.15, 0.2) is 0 Å². The van der Waals surface area contributed by atoms with Gasteiger partial charge in [0.05, 0.1) is 0 Å². The summed E-state index contributed by atoms with van der Waals surface area (Å²) < 4.78 is 0. The van der Waals surface area contributed by atoms with E-state index in [2.05, 4.69) is 13.8 Å². The van der Waals surface area contributed by atoms with Crippen LogP contribution in [0.5, 0.6) is 0 Å². The van der Waals surface area contributed by atoms with Crippen LogP contribution in [0.3, 0.4) is 0 Å². The van der Waals surface area contributed by atoms with Gasteiger partial charge in [0.2, 0.25) is 0 Å². The molecule has 0 rings (SSSR count). The number of hydrogen-bond acceptors (Lipinski definition) is 1. The molecule has 2 N–H and O–H groups in total. The first kappa shape index (κ1) is 32.0. The number of rotatable bonds is 28. The summed E-state index contributed by atoms with van der Waals surface area (Å²) in [5, 5.41) is 0. The fraction of sp³-hybridized carbons (Fsp3) is 1.00. The predicted octanol–water partition coefficient (Wildman–Crippen LogP) is 11.1. The van der Waals surface area contributed by atoms with E-state index in [-0.39, 0.29) is 0 Å². The molecule has 1 nitrogen and oxygen atoms in total. The minimum atomic E-state index is 0.797. The van der Waals surface area contributed by atoms with Crippen LogP contribution in [0.15, 0.2) is 0 Å². The van der Waals surface area contributed by atoms with Crippen molar-refractivity contribution >= 4 is 0 Å². The van der Waals surface area contributed by atoms with Gasteiger partial charge in [0, 0.05) is 0 Å². The van der Waals surface area contributed by atoms with Crippen LogP contribution in [-0.2, 0) is 0 Å². The molecule has 0 amide bonds. The number of unbranched alkanes of at least 4 members (excludes halogenated alkanes) is 23. The second-order valence-electron chi connectivity index (χ2n) is 10.8. The van der Waals surface area contributed by atoms with E-state index in [0.717, 1.165) is 12.5 Å². The van der Waals surface area contributed by atoms with Gasteiger partial charge in [-0.25, -0.2) is 0 Å². The third-order valence-electron chi connectivity index (χ3n) is 7.52. The maximum atomic E-state index is 6.05. The standard InChI is InChI=1S/C31H65N/c1-3-5-7-9-11-13-15-16-17-18-19-21-23-25-27-29-31(30-32)28-26-24-22-20-14-12-10-8-6-4-2/h31H,3-30,32H2,1-2H3. The zero-order chi connectivity index (χ0) is 23.4. The van der Waals surface area contributed by atoms with Crippen molar-refractivity contribution in [1.82, 2.24) is 0 Å². The third kappa shape index (κ3) is 26.2. The highest BCUT2D eigenvalue weighted by Gasteiger charge is 2.06. The molecule has 0 bridgehead atoms. The molecule has 0 radical (unpaired) electrons. The first-order chi connectivity index (χ1) is 15.8. The molecule has 0 saturated carbocycles.